The number of furan rings is 1. The van der Waals surface area contributed by atoms with Crippen LogP contribution in [0.5, 0.6) is 0 Å². The van der Waals surface area contributed by atoms with E-state index in [1.165, 1.54) is 12.3 Å². The summed E-state index contributed by atoms with van der Waals surface area (Å²) in [7, 11) is 0. The summed E-state index contributed by atoms with van der Waals surface area (Å²) in [5.74, 6) is -1.22. The lowest BCUT2D eigenvalue weighted by Crippen LogP contribution is -2.27. The third kappa shape index (κ3) is 4.16. The summed E-state index contributed by atoms with van der Waals surface area (Å²) in [5.41, 5.74) is -0.589. The lowest BCUT2D eigenvalue weighted by molar-refractivity contribution is -0.158. The highest BCUT2D eigenvalue weighted by Gasteiger charge is 2.18. The van der Waals surface area contributed by atoms with Gasteiger partial charge in [0.05, 0.1) is 6.26 Å². The zero-order valence-electron chi connectivity index (χ0n) is 9.48. The molecule has 0 amide bonds. The number of carbonyl (C=O) groups is 2. The molecule has 0 aromatic carbocycles. The van der Waals surface area contributed by atoms with Gasteiger partial charge in [0.1, 0.15) is 5.60 Å². The van der Waals surface area contributed by atoms with Gasteiger partial charge in [-0.15, -0.1) is 0 Å². The predicted octanol–water partition coefficient (Wildman–Crippen LogP) is 1.78. The van der Waals surface area contributed by atoms with Crippen molar-refractivity contribution >= 4 is 11.9 Å². The first-order valence-corrected chi connectivity index (χ1v) is 4.81. The molecule has 0 atom stereocenters. The molecular weight excluding hydrogens is 212 g/mol. The molecule has 0 aliphatic carbocycles. The molecule has 0 saturated carbocycles. The average Bonchev–Trinajstić information content (AvgIpc) is 2.64. The third-order valence-electron chi connectivity index (χ3n) is 1.46. The van der Waals surface area contributed by atoms with E-state index in [1.807, 2.05) is 0 Å². The molecule has 0 unspecified atom stereocenters. The Hall–Kier alpha value is -1.78. The Morgan fingerprint density at radius 1 is 1.38 bits per heavy atom. The Balaban J connectivity index is 2.35. The summed E-state index contributed by atoms with van der Waals surface area (Å²) in [4.78, 5) is 22.5. The Morgan fingerprint density at radius 3 is 2.56 bits per heavy atom. The largest absolute Gasteiger partial charge is 0.457 e. The first-order chi connectivity index (χ1) is 7.38. The first-order valence-electron chi connectivity index (χ1n) is 4.81. The SMILES string of the molecule is CC(C)(C)OC(=O)COC(=O)c1ccco1. The van der Waals surface area contributed by atoms with E-state index in [9.17, 15) is 9.59 Å². The Morgan fingerprint density at radius 2 is 2.06 bits per heavy atom. The highest BCUT2D eigenvalue weighted by atomic mass is 16.6. The van der Waals surface area contributed by atoms with Crippen LogP contribution in [-0.4, -0.2) is 24.1 Å². The molecule has 1 rings (SSSR count). The maximum Gasteiger partial charge on any atom is 0.374 e. The second-order valence-corrected chi connectivity index (χ2v) is 4.14. The number of hydrogen-bond acceptors (Lipinski definition) is 5. The van der Waals surface area contributed by atoms with Crippen molar-refractivity contribution < 1.29 is 23.5 Å². The Labute approximate surface area is 93.3 Å². The average molecular weight is 226 g/mol. The number of hydrogen-bond donors (Lipinski definition) is 0. The molecule has 0 bridgehead atoms. The van der Waals surface area contributed by atoms with Crippen LogP contribution in [0.3, 0.4) is 0 Å². The van der Waals surface area contributed by atoms with E-state index < -0.39 is 24.1 Å². The van der Waals surface area contributed by atoms with Crippen LogP contribution >= 0.6 is 0 Å². The van der Waals surface area contributed by atoms with Crippen molar-refractivity contribution in [2.75, 3.05) is 6.61 Å². The van der Waals surface area contributed by atoms with Gasteiger partial charge in [0.25, 0.3) is 0 Å². The fourth-order valence-electron chi connectivity index (χ4n) is 0.961. The van der Waals surface area contributed by atoms with Gasteiger partial charge in [-0.3, -0.25) is 0 Å². The normalized spacial score (nSPS) is 10.9. The topological polar surface area (TPSA) is 65.7 Å². The van der Waals surface area contributed by atoms with Gasteiger partial charge in [0, 0.05) is 0 Å². The second-order valence-electron chi connectivity index (χ2n) is 4.14. The lowest BCUT2D eigenvalue weighted by Gasteiger charge is -2.19. The molecule has 0 N–H and O–H groups in total. The fraction of sp³-hybridized carbons (Fsp3) is 0.455. The molecule has 5 nitrogen and oxygen atoms in total. The standard InChI is InChI=1S/C11H14O5/c1-11(2,3)16-9(12)7-15-10(13)8-5-4-6-14-8/h4-6H,7H2,1-3H3. The van der Waals surface area contributed by atoms with Crippen molar-refractivity contribution in [2.45, 2.75) is 26.4 Å². The molecule has 0 aliphatic rings. The van der Waals surface area contributed by atoms with Gasteiger partial charge in [-0.25, -0.2) is 9.59 Å². The van der Waals surface area contributed by atoms with Gasteiger partial charge in [-0.2, -0.15) is 0 Å². The van der Waals surface area contributed by atoms with Gasteiger partial charge < -0.3 is 13.9 Å². The van der Waals surface area contributed by atoms with Gasteiger partial charge in [0.2, 0.25) is 5.76 Å². The minimum Gasteiger partial charge on any atom is -0.457 e. The van der Waals surface area contributed by atoms with Gasteiger partial charge in [-0.05, 0) is 32.9 Å². The lowest BCUT2D eigenvalue weighted by atomic mass is 10.2. The van der Waals surface area contributed by atoms with Crippen molar-refractivity contribution in [2.24, 2.45) is 0 Å². The van der Waals surface area contributed by atoms with Crippen molar-refractivity contribution in [1.82, 2.24) is 0 Å². The molecule has 0 saturated heterocycles. The number of rotatable bonds is 3. The maximum absolute atomic E-state index is 11.3. The fourth-order valence-corrected chi connectivity index (χ4v) is 0.961. The van der Waals surface area contributed by atoms with E-state index in [0.29, 0.717) is 0 Å². The molecule has 0 radical (unpaired) electrons. The van der Waals surface area contributed by atoms with Crippen LogP contribution in [0.1, 0.15) is 31.3 Å². The van der Waals surface area contributed by atoms with Crippen LogP contribution in [0.25, 0.3) is 0 Å². The van der Waals surface area contributed by atoms with Gasteiger partial charge in [0.15, 0.2) is 6.61 Å². The molecule has 88 valence electrons. The van der Waals surface area contributed by atoms with Crippen LogP contribution in [0.15, 0.2) is 22.8 Å². The van der Waals surface area contributed by atoms with E-state index in [4.69, 9.17) is 9.15 Å². The van der Waals surface area contributed by atoms with Crippen molar-refractivity contribution in [3.8, 4) is 0 Å². The molecular formula is C11H14O5. The van der Waals surface area contributed by atoms with Crippen LogP contribution in [-0.2, 0) is 14.3 Å². The summed E-state index contributed by atoms with van der Waals surface area (Å²) >= 11 is 0. The van der Waals surface area contributed by atoms with E-state index >= 15 is 0 Å². The van der Waals surface area contributed by atoms with Crippen molar-refractivity contribution in [3.05, 3.63) is 24.2 Å². The molecule has 1 aromatic heterocycles. The van der Waals surface area contributed by atoms with Crippen molar-refractivity contribution in [3.63, 3.8) is 0 Å². The minimum absolute atomic E-state index is 0.0589. The summed E-state index contributed by atoms with van der Waals surface area (Å²) in [6, 6.07) is 3.02. The van der Waals surface area contributed by atoms with E-state index in [-0.39, 0.29) is 5.76 Å². The smallest absolute Gasteiger partial charge is 0.374 e. The molecule has 16 heavy (non-hydrogen) atoms. The highest BCUT2D eigenvalue weighted by Crippen LogP contribution is 2.07. The summed E-state index contributed by atoms with van der Waals surface area (Å²) in [6.45, 7) is 4.79. The molecule has 1 aromatic rings. The van der Waals surface area contributed by atoms with Crippen LogP contribution in [0.4, 0.5) is 0 Å². The van der Waals surface area contributed by atoms with Gasteiger partial charge >= 0.3 is 11.9 Å². The second kappa shape index (κ2) is 4.83. The predicted molar refractivity (Wildman–Crippen MR) is 54.8 cm³/mol. The monoisotopic (exact) mass is 226 g/mol. The van der Waals surface area contributed by atoms with Crippen LogP contribution in [0, 0.1) is 0 Å². The third-order valence-corrected chi connectivity index (χ3v) is 1.46. The minimum atomic E-state index is -0.684. The number of esters is 2. The number of carbonyl (C=O) groups excluding carboxylic acids is 2. The van der Waals surface area contributed by atoms with E-state index in [2.05, 4.69) is 4.74 Å². The maximum atomic E-state index is 11.3. The Bertz CT molecular complexity index is 358. The summed E-state index contributed by atoms with van der Waals surface area (Å²) in [6.07, 6.45) is 1.35. The van der Waals surface area contributed by atoms with Crippen LogP contribution < -0.4 is 0 Å². The Kier molecular flexibility index (Phi) is 3.71. The van der Waals surface area contributed by atoms with E-state index in [0.717, 1.165) is 0 Å². The quantitative estimate of drug-likeness (QED) is 0.735. The zero-order valence-corrected chi connectivity index (χ0v) is 9.48. The number of ether oxygens (including phenoxy) is 2. The molecule has 0 fully saturated rings. The zero-order chi connectivity index (χ0) is 12.2. The molecule has 1 heterocycles. The van der Waals surface area contributed by atoms with Crippen LogP contribution in [0.2, 0.25) is 0 Å². The summed E-state index contributed by atoms with van der Waals surface area (Å²) in [5, 5.41) is 0. The van der Waals surface area contributed by atoms with Gasteiger partial charge in [-0.1, -0.05) is 0 Å². The first kappa shape index (κ1) is 12.3. The molecule has 0 aliphatic heterocycles. The molecule has 0 spiro atoms. The summed E-state index contributed by atoms with van der Waals surface area (Å²) < 4.78 is 14.4. The van der Waals surface area contributed by atoms with E-state index in [1.54, 1.807) is 26.8 Å². The molecule has 5 heteroatoms. The highest BCUT2D eigenvalue weighted by molar-refractivity contribution is 5.87. The van der Waals surface area contributed by atoms with Crippen molar-refractivity contribution in [1.29, 1.82) is 0 Å².